The second kappa shape index (κ2) is 2.97. The third-order valence-corrected chi connectivity index (χ3v) is 3.39. The molecule has 1 spiro atoms. The van der Waals surface area contributed by atoms with E-state index in [-0.39, 0.29) is 17.4 Å². The summed E-state index contributed by atoms with van der Waals surface area (Å²) in [4.78, 5) is 23.0. The first kappa shape index (κ1) is 10.5. The summed E-state index contributed by atoms with van der Waals surface area (Å²) in [6.07, 6.45) is 2.60. The zero-order valence-corrected chi connectivity index (χ0v) is 9.52. The Morgan fingerprint density at radius 3 is 2.40 bits per heavy atom. The lowest BCUT2D eigenvalue weighted by Gasteiger charge is -2.43. The molecule has 0 aromatic carbocycles. The van der Waals surface area contributed by atoms with Gasteiger partial charge in [0.1, 0.15) is 5.54 Å². The van der Waals surface area contributed by atoms with Gasteiger partial charge in [-0.1, -0.05) is 20.8 Å². The molecule has 4 heteroatoms. The maximum absolute atomic E-state index is 11.8. The molecule has 1 saturated carbocycles. The highest BCUT2D eigenvalue weighted by Crippen LogP contribution is 2.44. The Hall–Kier alpha value is -1.06. The fourth-order valence-electron chi connectivity index (χ4n) is 3.37. The van der Waals surface area contributed by atoms with E-state index in [0.717, 1.165) is 19.3 Å². The van der Waals surface area contributed by atoms with E-state index in [1.54, 1.807) is 0 Å². The van der Waals surface area contributed by atoms with E-state index in [0.29, 0.717) is 5.92 Å². The van der Waals surface area contributed by atoms with Crippen molar-refractivity contribution < 1.29 is 9.59 Å². The number of rotatable bonds is 0. The summed E-state index contributed by atoms with van der Waals surface area (Å²) in [5.41, 5.74) is -0.523. The van der Waals surface area contributed by atoms with Crippen molar-refractivity contribution in [2.75, 3.05) is 0 Å². The molecule has 1 heterocycles. The molecule has 15 heavy (non-hydrogen) atoms. The normalized spacial score (nSPS) is 39.0. The van der Waals surface area contributed by atoms with Crippen LogP contribution in [-0.2, 0) is 4.79 Å². The van der Waals surface area contributed by atoms with Gasteiger partial charge in [-0.15, -0.1) is 0 Å². The van der Waals surface area contributed by atoms with Gasteiger partial charge in [-0.05, 0) is 30.6 Å². The predicted molar refractivity (Wildman–Crippen MR) is 56.2 cm³/mol. The zero-order valence-electron chi connectivity index (χ0n) is 9.52. The van der Waals surface area contributed by atoms with Crippen LogP contribution in [0.3, 0.4) is 0 Å². The van der Waals surface area contributed by atoms with Gasteiger partial charge in [-0.3, -0.25) is 10.1 Å². The van der Waals surface area contributed by atoms with E-state index in [2.05, 4.69) is 31.4 Å². The molecule has 0 aromatic heterocycles. The third-order valence-electron chi connectivity index (χ3n) is 3.39. The smallest absolute Gasteiger partial charge is 0.322 e. The second-order valence-electron chi connectivity index (χ2n) is 5.84. The minimum Gasteiger partial charge on any atom is -0.323 e. The van der Waals surface area contributed by atoms with Crippen molar-refractivity contribution in [2.45, 2.75) is 45.6 Å². The largest absolute Gasteiger partial charge is 0.323 e. The van der Waals surface area contributed by atoms with Crippen LogP contribution < -0.4 is 10.6 Å². The quantitative estimate of drug-likeness (QED) is 0.594. The van der Waals surface area contributed by atoms with Gasteiger partial charge in [0, 0.05) is 0 Å². The molecule has 1 aliphatic carbocycles. The van der Waals surface area contributed by atoms with Crippen molar-refractivity contribution in [3.8, 4) is 0 Å². The van der Waals surface area contributed by atoms with Crippen LogP contribution in [-0.4, -0.2) is 17.5 Å². The van der Waals surface area contributed by atoms with Crippen molar-refractivity contribution in [3.63, 3.8) is 0 Å². The molecule has 4 nitrogen and oxygen atoms in total. The number of imide groups is 1. The minimum atomic E-state index is -0.641. The Kier molecular flexibility index (Phi) is 2.07. The molecule has 2 fully saturated rings. The average molecular weight is 210 g/mol. The van der Waals surface area contributed by atoms with Gasteiger partial charge in [0.05, 0.1) is 0 Å². The molecule has 2 N–H and O–H groups in total. The number of nitrogens with one attached hydrogen (secondary N) is 2. The number of hydrogen-bond donors (Lipinski definition) is 2. The maximum atomic E-state index is 11.8. The minimum absolute atomic E-state index is 0.118. The lowest BCUT2D eigenvalue weighted by atomic mass is 9.64. The van der Waals surface area contributed by atoms with Crippen molar-refractivity contribution >= 4 is 11.9 Å². The Morgan fingerprint density at radius 1 is 1.27 bits per heavy atom. The summed E-state index contributed by atoms with van der Waals surface area (Å²) < 4.78 is 0. The van der Waals surface area contributed by atoms with Crippen LogP contribution in [0.25, 0.3) is 0 Å². The SMILES string of the molecule is C[C@@H]1CC(C)(C)C[C@]2(C1)NC(=O)NC2=O. The maximum Gasteiger partial charge on any atom is 0.322 e. The third kappa shape index (κ3) is 1.73. The van der Waals surface area contributed by atoms with Crippen molar-refractivity contribution in [1.29, 1.82) is 0 Å². The van der Waals surface area contributed by atoms with E-state index in [1.807, 2.05) is 0 Å². The average Bonchev–Trinajstić information content (AvgIpc) is 2.20. The summed E-state index contributed by atoms with van der Waals surface area (Å²) in [5, 5.41) is 5.15. The first-order valence-corrected chi connectivity index (χ1v) is 5.47. The Bertz CT molecular complexity index is 325. The second-order valence-corrected chi connectivity index (χ2v) is 5.84. The molecular formula is C11H18N2O2. The van der Waals surface area contributed by atoms with Gasteiger partial charge in [0.2, 0.25) is 0 Å². The van der Waals surface area contributed by atoms with Gasteiger partial charge in [0.15, 0.2) is 0 Å². The summed E-state index contributed by atoms with van der Waals surface area (Å²) in [6.45, 7) is 6.45. The first-order chi connectivity index (χ1) is 6.83. The highest BCUT2D eigenvalue weighted by Gasteiger charge is 2.52. The van der Waals surface area contributed by atoms with E-state index in [1.165, 1.54) is 0 Å². The molecule has 3 amide bonds. The van der Waals surface area contributed by atoms with Crippen LogP contribution in [0.4, 0.5) is 4.79 Å². The summed E-state index contributed by atoms with van der Waals surface area (Å²) in [7, 11) is 0. The zero-order chi connectivity index (χ0) is 11.3. The summed E-state index contributed by atoms with van der Waals surface area (Å²) in [5.74, 6) is 0.324. The van der Waals surface area contributed by atoms with E-state index in [4.69, 9.17) is 0 Å². The number of carbonyl (C=O) groups is 2. The van der Waals surface area contributed by atoms with Gasteiger partial charge in [0.25, 0.3) is 5.91 Å². The fourth-order valence-corrected chi connectivity index (χ4v) is 3.37. The Labute approximate surface area is 89.8 Å². The standard InChI is InChI=1S/C11H18N2O2/c1-7-4-10(2,3)6-11(5-7)8(14)12-9(15)13-11/h7H,4-6H2,1-3H3,(H2,12,13,14,15)/t7-,11+/m1/s1. The first-order valence-electron chi connectivity index (χ1n) is 5.47. The molecule has 2 atom stereocenters. The molecule has 2 rings (SSSR count). The van der Waals surface area contributed by atoms with Crippen molar-refractivity contribution in [3.05, 3.63) is 0 Å². The molecule has 0 unspecified atom stereocenters. The van der Waals surface area contributed by atoms with Crippen molar-refractivity contribution in [1.82, 2.24) is 10.6 Å². The highest BCUT2D eigenvalue weighted by atomic mass is 16.2. The molecule has 2 aliphatic rings. The van der Waals surface area contributed by atoms with Crippen LogP contribution in [0.1, 0.15) is 40.0 Å². The lowest BCUT2D eigenvalue weighted by Crippen LogP contribution is -2.54. The molecule has 1 aliphatic heterocycles. The predicted octanol–water partition coefficient (Wildman–Crippen LogP) is 1.41. The molecule has 1 saturated heterocycles. The molecule has 84 valence electrons. The van der Waals surface area contributed by atoms with Crippen LogP contribution >= 0.6 is 0 Å². The number of carbonyl (C=O) groups excluding carboxylic acids is 2. The van der Waals surface area contributed by atoms with Crippen LogP contribution in [0.2, 0.25) is 0 Å². The Morgan fingerprint density at radius 2 is 1.93 bits per heavy atom. The molecule has 0 bridgehead atoms. The van der Waals surface area contributed by atoms with Crippen LogP contribution in [0.15, 0.2) is 0 Å². The Balaban J connectivity index is 2.28. The van der Waals surface area contributed by atoms with Gasteiger partial charge < -0.3 is 5.32 Å². The number of hydrogen-bond acceptors (Lipinski definition) is 2. The summed E-state index contributed by atoms with van der Waals surface area (Å²) in [6, 6.07) is -0.343. The molecule has 0 aromatic rings. The fraction of sp³-hybridized carbons (Fsp3) is 0.818. The van der Waals surface area contributed by atoms with E-state index in [9.17, 15) is 9.59 Å². The highest BCUT2D eigenvalue weighted by molar-refractivity contribution is 6.07. The monoisotopic (exact) mass is 210 g/mol. The van der Waals surface area contributed by atoms with Gasteiger partial charge in [-0.25, -0.2) is 4.79 Å². The molecule has 0 radical (unpaired) electrons. The van der Waals surface area contributed by atoms with E-state index >= 15 is 0 Å². The topological polar surface area (TPSA) is 58.2 Å². The van der Waals surface area contributed by atoms with E-state index < -0.39 is 5.54 Å². The van der Waals surface area contributed by atoms with Crippen LogP contribution in [0, 0.1) is 11.3 Å². The lowest BCUT2D eigenvalue weighted by molar-refractivity contribution is -0.127. The summed E-state index contributed by atoms with van der Waals surface area (Å²) >= 11 is 0. The molecular weight excluding hydrogens is 192 g/mol. The van der Waals surface area contributed by atoms with Crippen molar-refractivity contribution in [2.24, 2.45) is 11.3 Å². The van der Waals surface area contributed by atoms with Gasteiger partial charge >= 0.3 is 6.03 Å². The van der Waals surface area contributed by atoms with Crippen LogP contribution in [0.5, 0.6) is 0 Å². The number of amides is 3. The number of urea groups is 1. The van der Waals surface area contributed by atoms with Gasteiger partial charge in [-0.2, -0.15) is 0 Å².